The van der Waals surface area contributed by atoms with E-state index in [1.807, 2.05) is 32.2 Å². The lowest BCUT2D eigenvalue weighted by atomic mass is 10.1. The van der Waals surface area contributed by atoms with Gasteiger partial charge >= 0.3 is 0 Å². The Morgan fingerprint density at radius 1 is 1.09 bits per heavy atom. The van der Waals surface area contributed by atoms with Crippen molar-refractivity contribution >= 4 is 29.0 Å². The van der Waals surface area contributed by atoms with Crippen molar-refractivity contribution in [3.8, 4) is 11.6 Å². The Kier molecular flexibility index (Phi) is 5.26. The number of likely N-dealkylation sites (N-methyl/N-ethyl adjacent to an activating group) is 1. The lowest BCUT2D eigenvalue weighted by Crippen LogP contribution is -2.37. The second kappa shape index (κ2) is 8.23. The topological polar surface area (TPSA) is 101 Å². The molecule has 2 fully saturated rings. The number of benzene rings is 1. The van der Waals surface area contributed by atoms with Crippen LogP contribution in [0.1, 0.15) is 31.2 Å². The number of aromatic nitrogens is 3. The number of hydrogen-bond donors (Lipinski definition) is 2. The first-order valence-electron chi connectivity index (χ1n) is 10.9. The molecule has 9 nitrogen and oxygen atoms in total. The van der Waals surface area contributed by atoms with E-state index in [1.54, 1.807) is 22.8 Å². The molecular formula is C23H26N6O3. The van der Waals surface area contributed by atoms with E-state index in [9.17, 15) is 9.59 Å². The van der Waals surface area contributed by atoms with Crippen LogP contribution in [0, 0.1) is 12.8 Å². The van der Waals surface area contributed by atoms with Crippen molar-refractivity contribution in [2.75, 3.05) is 24.2 Å². The minimum Gasteiger partial charge on any atom is -0.438 e. The van der Waals surface area contributed by atoms with Crippen LogP contribution in [0.5, 0.6) is 11.6 Å². The second-order valence-corrected chi connectivity index (χ2v) is 8.57. The van der Waals surface area contributed by atoms with E-state index < -0.39 is 0 Å². The van der Waals surface area contributed by atoms with Gasteiger partial charge in [-0.3, -0.25) is 14.5 Å². The Bertz CT molecular complexity index is 1190. The number of nitrogens with zero attached hydrogens (tertiary/aromatic N) is 4. The molecule has 1 saturated heterocycles. The van der Waals surface area contributed by atoms with Crippen LogP contribution in [-0.4, -0.2) is 50.9 Å². The van der Waals surface area contributed by atoms with Crippen molar-refractivity contribution in [2.24, 2.45) is 5.92 Å². The van der Waals surface area contributed by atoms with Gasteiger partial charge in [0.1, 0.15) is 5.75 Å². The molecule has 3 heterocycles. The fourth-order valence-corrected chi connectivity index (χ4v) is 3.93. The maximum atomic E-state index is 12.7. The summed E-state index contributed by atoms with van der Waals surface area (Å²) in [5.41, 5.74) is 2.29. The predicted molar refractivity (Wildman–Crippen MR) is 120 cm³/mol. The van der Waals surface area contributed by atoms with Crippen molar-refractivity contribution in [3.05, 3.63) is 42.1 Å². The third-order valence-corrected chi connectivity index (χ3v) is 6.01. The van der Waals surface area contributed by atoms with E-state index >= 15 is 0 Å². The minimum atomic E-state index is -0.0982. The first-order valence-corrected chi connectivity index (χ1v) is 10.9. The van der Waals surface area contributed by atoms with Crippen LogP contribution in [0.3, 0.4) is 0 Å². The van der Waals surface area contributed by atoms with Gasteiger partial charge < -0.3 is 15.4 Å². The zero-order valence-corrected chi connectivity index (χ0v) is 18.2. The van der Waals surface area contributed by atoms with Crippen LogP contribution < -0.4 is 15.4 Å². The number of amides is 2. The summed E-state index contributed by atoms with van der Waals surface area (Å²) >= 11 is 0. The van der Waals surface area contributed by atoms with Crippen LogP contribution in [0.2, 0.25) is 0 Å². The maximum absolute atomic E-state index is 12.7. The van der Waals surface area contributed by atoms with Crippen molar-refractivity contribution in [3.63, 3.8) is 0 Å². The Labute approximate surface area is 185 Å². The van der Waals surface area contributed by atoms with Crippen molar-refractivity contribution in [1.82, 2.24) is 19.5 Å². The summed E-state index contributed by atoms with van der Waals surface area (Å²) < 4.78 is 7.51. The lowest BCUT2D eigenvalue weighted by Gasteiger charge is -2.19. The standard InChI is InChI=1S/C23H26N6O3/c1-14-5-8-16(12-17(14)24-23(31)18-4-3-11-28(18)2)32-21-10-9-20-25-19(13-29(20)27-21)26-22(30)15-6-7-15/h5,8-10,12-13,15,18H,3-4,6-7,11H2,1-2H3,(H,24,31)(H,26,30)/t18-/m0/s1. The molecule has 1 atom stereocenters. The van der Waals surface area contributed by atoms with Gasteiger partial charge in [-0.15, -0.1) is 5.10 Å². The van der Waals surface area contributed by atoms with E-state index in [-0.39, 0.29) is 23.8 Å². The van der Waals surface area contributed by atoms with Crippen LogP contribution in [-0.2, 0) is 9.59 Å². The summed E-state index contributed by atoms with van der Waals surface area (Å²) in [6.45, 7) is 2.89. The third-order valence-electron chi connectivity index (χ3n) is 6.01. The molecule has 0 unspecified atom stereocenters. The molecule has 1 aromatic carbocycles. The van der Waals surface area contributed by atoms with Gasteiger partial charge in [0, 0.05) is 23.7 Å². The summed E-state index contributed by atoms with van der Waals surface area (Å²) in [5, 5.41) is 10.3. The number of imidazole rings is 1. The molecular weight excluding hydrogens is 408 g/mol. The molecule has 2 aromatic heterocycles. The van der Waals surface area contributed by atoms with Gasteiger partial charge in [-0.05, 0) is 63.9 Å². The van der Waals surface area contributed by atoms with Crippen molar-refractivity contribution < 1.29 is 14.3 Å². The fourth-order valence-electron chi connectivity index (χ4n) is 3.93. The SMILES string of the molecule is Cc1ccc(Oc2ccc3nc(NC(=O)C4CC4)cn3n2)cc1NC(=O)[C@@H]1CCCN1C. The van der Waals surface area contributed by atoms with E-state index in [0.29, 0.717) is 23.1 Å². The number of rotatable bonds is 6. The van der Waals surface area contributed by atoms with Crippen LogP contribution >= 0.6 is 0 Å². The lowest BCUT2D eigenvalue weighted by molar-refractivity contribution is -0.120. The minimum absolute atomic E-state index is 0.00269. The third kappa shape index (κ3) is 4.29. The molecule has 2 aliphatic rings. The number of nitrogens with one attached hydrogen (secondary N) is 2. The van der Waals surface area contributed by atoms with Gasteiger partial charge in [-0.2, -0.15) is 0 Å². The van der Waals surface area contributed by atoms with Crippen molar-refractivity contribution in [1.29, 1.82) is 0 Å². The highest BCUT2D eigenvalue weighted by Crippen LogP contribution is 2.30. The number of likely N-dealkylation sites (tertiary alicyclic amines) is 1. The Hall–Kier alpha value is -3.46. The summed E-state index contributed by atoms with van der Waals surface area (Å²) in [6.07, 6.45) is 5.44. The summed E-state index contributed by atoms with van der Waals surface area (Å²) in [7, 11) is 1.98. The summed E-state index contributed by atoms with van der Waals surface area (Å²) in [4.78, 5) is 31.1. The van der Waals surface area contributed by atoms with Gasteiger partial charge in [0.2, 0.25) is 17.7 Å². The van der Waals surface area contributed by atoms with E-state index in [1.165, 1.54) is 0 Å². The van der Waals surface area contributed by atoms with E-state index in [4.69, 9.17) is 4.74 Å². The smallest absolute Gasteiger partial charge is 0.241 e. The van der Waals surface area contributed by atoms with Crippen LogP contribution in [0.4, 0.5) is 11.5 Å². The summed E-state index contributed by atoms with van der Waals surface area (Å²) in [6, 6.07) is 8.96. The fraction of sp³-hybridized carbons (Fsp3) is 0.391. The predicted octanol–water partition coefficient (Wildman–Crippen LogP) is 3.21. The molecule has 2 amide bonds. The van der Waals surface area contributed by atoms with E-state index in [2.05, 4.69) is 25.6 Å². The molecule has 0 bridgehead atoms. The number of carbonyl (C=O) groups is 2. The molecule has 0 spiro atoms. The zero-order chi connectivity index (χ0) is 22.2. The van der Waals surface area contributed by atoms with Gasteiger partial charge in [0.15, 0.2) is 11.5 Å². The number of aryl methyl sites for hydroxylation is 1. The molecule has 1 aliphatic carbocycles. The molecule has 0 radical (unpaired) electrons. The molecule has 2 N–H and O–H groups in total. The second-order valence-electron chi connectivity index (χ2n) is 8.57. The number of fused-ring (bicyclic) bond motifs is 1. The van der Waals surface area contributed by atoms with Gasteiger partial charge in [-0.25, -0.2) is 9.50 Å². The quantitative estimate of drug-likeness (QED) is 0.618. The van der Waals surface area contributed by atoms with Gasteiger partial charge in [0.25, 0.3) is 0 Å². The molecule has 32 heavy (non-hydrogen) atoms. The Morgan fingerprint density at radius 2 is 1.94 bits per heavy atom. The Balaban J connectivity index is 1.30. The molecule has 1 saturated carbocycles. The highest BCUT2D eigenvalue weighted by atomic mass is 16.5. The molecule has 3 aromatic rings. The number of anilines is 2. The average molecular weight is 435 g/mol. The highest BCUT2D eigenvalue weighted by Gasteiger charge is 2.30. The number of hydrogen-bond acceptors (Lipinski definition) is 6. The first-order chi connectivity index (χ1) is 15.5. The van der Waals surface area contributed by atoms with Gasteiger partial charge in [-0.1, -0.05) is 6.07 Å². The molecule has 9 heteroatoms. The van der Waals surface area contributed by atoms with Crippen LogP contribution in [0.15, 0.2) is 36.5 Å². The first kappa shape index (κ1) is 20.4. The normalized spacial score (nSPS) is 18.6. The molecule has 5 rings (SSSR count). The molecule has 1 aliphatic heterocycles. The number of carbonyl (C=O) groups excluding carboxylic acids is 2. The monoisotopic (exact) mass is 434 g/mol. The van der Waals surface area contributed by atoms with Crippen molar-refractivity contribution in [2.45, 2.75) is 38.6 Å². The van der Waals surface area contributed by atoms with Crippen LogP contribution in [0.25, 0.3) is 5.65 Å². The highest BCUT2D eigenvalue weighted by molar-refractivity contribution is 5.96. The summed E-state index contributed by atoms with van der Waals surface area (Å²) in [5.74, 6) is 1.54. The average Bonchev–Trinajstić information content (AvgIpc) is 3.41. The van der Waals surface area contributed by atoms with Gasteiger partial charge in [0.05, 0.1) is 12.2 Å². The zero-order valence-electron chi connectivity index (χ0n) is 18.2. The maximum Gasteiger partial charge on any atom is 0.241 e. The molecule has 166 valence electrons. The number of ether oxygens (including phenoxy) is 1. The largest absolute Gasteiger partial charge is 0.438 e. The Morgan fingerprint density at radius 3 is 2.69 bits per heavy atom. The van der Waals surface area contributed by atoms with E-state index in [0.717, 1.165) is 43.5 Å².